The van der Waals surface area contributed by atoms with Crippen LogP contribution in [0.25, 0.3) is 0 Å². The number of Topliss-reactive ketones (excluding diaryl/α,β-unsaturated/α-hetero) is 2. The third-order valence-corrected chi connectivity index (χ3v) is 2.78. The highest BCUT2D eigenvalue weighted by molar-refractivity contribution is 5.85. The van der Waals surface area contributed by atoms with Crippen molar-refractivity contribution in [2.45, 2.75) is 78.4 Å². The first-order chi connectivity index (χ1) is 8.10. The fourth-order valence-electron chi connectivity index (χ4n) is 1.81. The third-order valence-electron chi connectivity index (χ3n) is 2.78. The van der Waals surface area contributed by atoms with Gasteiger partial charge in [0.05, 0.1) is 0 Å². The number of carbonyl (C=O) groups is 2. The van der Waals surface area contributed by atoms with Gasteiger partial charge in [0, 0.05) is 12.8 Å². The molecule has 0 aliphatic carbocycles. The number of carbonyl (C=O) groups excluding carboxylic acids is 2. The summed E-state index contributed by atoms with van der Waals surface area (Å²) in [5.74, 6) is 0.246. The van der Waals surface area contributed by atoms with Crippen LogP contribution < -0.4 is 0 Å². The maximum Gasteiger partial charge on any atom is 0.161 e. The van der Waals surface area contributed by atoms with E-state index in [9.17, 15) is 9.59 Å². The van der Waals surface area contributed by atoms with Crippen LogP contribution in [0, 0.1) is 0 Å². The van der Waals surface area contributed by atoms with Crippen LogP contribution in [-0.4, -0.2) is 23.8 Å². The average Bonchev–Trinajstić information content (AvgIpc) is 2.31. The van der Waals surface area contributed by atoms with Crippen molar-refractivity contribution in [1.29, 1.82) is 0 Å². The van der Waals surface area contributed by atoms with Gasteiger partial charge < -0.3 is 4.74 Å². The van der Waals surface area contributed by atoms with Gasteiger partial charge in [-0.15, -0.1) is 0 Å². The van der Waals surface area contributed by atoms with Gasteiger partial charge in [0.15, 0.2) is 11.6 Å². The van der Waals surface area contributed by atoms with E-state index in [0.717, 1.165) is 12.8 Å². The number of ketones is 2. The number of hydrogen-bond acceptors (Lipinski definition) is 3. The molecule has 0 saturated heterocycles. The van der Waals surface area contributed by atoms with Crippen LogP contribution in [0.4, 0.5) is 0 Å². The molecule has 3 nitrogen and oxygen atoms in total. The molecular formula is C14H26O3. The largest absolute Gasteiger partial charge is 0.359 e. The molecule has 17 heavy (non-hydrogen) atoms. The Bertz CT molecular complexity index is 212. The van der Waals surface area contributed by atoms with Crippen molar-refractivity contribution in [1.82, 2.24) is 0 Å². The Kier molecular flexibility index (Phi) is 8.96. The minimum absolute atomic E-state index is 0.123. The smallest absolute Gasteiger partial charge is 0.161 e. The van der Waals surface area contributed by atoms with Gasteiger partial charge in [0.25, 0.3) is 0 Å². The molecule has 0 aliphatic rings. The third kappa shape index (κ3) is 5.97. The number of rotatable bonds is 10. The molecule has 0 heterocycles. The van der Waals surface area contributed by atoms with Gasteiger partial charge in [-0.1, -0.05) is 27.7 Å². The Hall–Kier alpha value is -0.700. The summed E-state index contributed by atoms with van der Waals surface area (Å²) in [6.07, 6.45) is 3.23. The molecule has 3 heteroatoms. The molecule has 0 N–H and O–H groups in total. The second kappa shape index (κ2) is 9.34. The van der Waals surface area contributed by atoms with E-state index in [2.05, 4.69) is 0 Å². The van der Waals surface area contributed by atoms with E-state index in [4.69, 9.17) is 4.74 Å². The fourth-order valence-corrected chi connectivity index (χ4v) is 1.81. The van der Waals surface area contributed by atoms with E-state index < -0.39 is 12.2 Å². The molecule has 100 valence electrons. The van der Waals surface area contributed by atoms with Crippen molar-refractivity contribution in [3.63, 3.8) is 0 Å². The van der Waals surface area contributed by atoms with Gasteiger partial charge in [-0.2, -0.15) is 0 Å². The Labute approximate surface area is 105 Å². The van der Waals surface area contributed by atoms with Crippen molar-refractivity contribution < 1.29 is 14.3 Å². The second-order valence-corrected chi connectivity index (χ2v) is 4.36. The maximum absolute atomic E-state index is 11.8. The van der Waals surface area contributed by atoms with E-state index >= 15 is 0 Å². The number of hydrogen-bond donors (Lipinski definition) is 0. The summed E-state index contributed by atoms with van der Waals surface area (Å²) in [5, 5.41) is 0. The molecule has 0 fully saturated rings. The molecule has 0 aliphatic heterocycles. The molecule has 2 unspecified atom stereocenters. The highest BCUT2D eigenvalue weighted by Crippen LogP contribution is 2.12. The molecule has 0 aromatic carbocycles. The summed E-state index contributed by atoms with van der Waals surface area (Å²) < 4.78 is 5.68. The minimum atomic E-state index is -0.402. The Morgan fingerprint density at radius 1 is 0.824 bits per heavy atom. The van der Waals surface area contributed by atoms with Gasteiger partial charge in [0.1, 0.15) is 12.2 Å². The summed E-state index contributed by atoms with van der Waals surface area (Å²) in [5.41, 5.74) is 0. The van der Waals surface area contributed by atoms with Crippen LogP contribution in [0.15, 0.2) is 0 Å². The molecular weight excluding hydrogens is 216 g/mol. The summed E-state index contributed by atoms with van der Waals surface area (Å²) in [6.45, 7) is 7.80. The molecule has 0 aromatic rings. The number of ether oxygens (including phenoxy) is 1. The first-order valence-corrected chi connectivity index (χ1v) is 6.81. The quantitative estimate of drug-likeness (QED) is 0.590. The first-order valence-electron chi connectivity index (χ1n) is 6.81. The molecule has 0 amide bonds. The summed E-state index contributed by atoms with van der Waals surface area (Å²) >= 11 is 0. The van der Waals surface area contributed by atoms with E-state index in [1.807, 2.05) is 27.7 Å². The maximum atomic E-state index is 11.8. The van der Waals surface area contributed by atoms with Crippen molar-refractivity contribution in [3.8, 4) is 0 Å². The van der Waals surface area contributed by atoms with E-state index in [1.54, 1.807) is 0 Å². The second-order valence-electron chi connectivity index (χ2n) is 4.36. The zero-order chi connectivity index (χ0) is 13.3. The lowest BCUT2D eigenvalue weighted by atomic mass is 10.1. The molecule has 0 aromatic heterocycles. The van der Waals surface area contributed by atoms with Gasteiger partial charge in [-0.05, 0) is 25.7 Å². The fraction of sp³-hybridized carbons (Fsp3) is 0.857. The zero-order valence-corrected chi connectivity index (χ0v) is 11.6. The lowest BCUT2D eigenvalue weighted by molar-refractivity contribution is -0.144. The lowest BCUT2D eigenvalue weighted by Crippen LogP contribution is -2.33. The SMILES string of the molecule is CCCC(=O)C(CC)OC(CC)C(=O)CCC. The van der Waals surface area contributed by atoms with Crippen molar-refractivity contribution >= 4 is 11.6 Å². The zero-order valence-electron chi connectivity index (χ0n) is 11.6. The van der Waals surface area contributed by atoms with Gasteiger partial charge in [-0.3, -0.25) is 9.59 Å². The van der Waals surface area contributed by atoms with Crippen LogP contribution in [0.3, 0.4) is 0 Å². The topological polar surface area (TPSA) is 43.4 Å². The summed E-state index contributed by atoms with van der Waals surface area (Å²) in [7, 11) is 0. The highest BCUT2D eigenvalue weighted by Gasteiger charge is 2.24. The monoisotopic (exact) mass is 242 g/mol. The Balaban J connectivity index is 4.40. The Morgan fingerprint density at radius 2 is 1.18 bits per heavy atom. The van der Waals surface area contributed by atoms with Gasteiger partial charge in [0.2, 0.25) is 0 Å². The van der Waals surface area contributed by atoms with Crippen LogP contribution in [-0.2, 0) is 14.3 Å². The highest BCUT2D eigenvalue weighted by atomic mass is 16.5. The van der Waals surface area contributed by atoms with Crippen molar-refractivity contribution in [3.05, 3.63) is 0 Å². The summed E-state index contributed by atoms with van der Waals surface area (Å²) in [6, 6.07) is 0. The Morgan fingerprint density at radius 3 is 1.41 bits per heavy atom. The van der Waals surface area contributed by atoms with E-state index in [-0.39, 0.29) is 11.6 Å². The van der Waals surface area contributed by atoms with E-state index in [1.165, 1.54) is 0 Å². The molecule has 0 radical (unpaired) electrons. The molecule has 0 spiro atoms. The minimum Gasteiger partial charge on any atom is -0.359 e. The van der Waals surface area contributed by atoms with Crippen LogP contribution in [0.1, 0.15) is 66.2 Å². The molecule has 2 atom stereocenters. The van der Waals surface area contributed by atoms with Gasteiger partial charge >= 0.3 is 0 Å². The lowest BCUT2D eigenvalue weighted by Gasteiger charge is -2.21. The normalized spacial score (nSPS) is 14.4. The van der Waals surface area contributed by atoms with Crippen LogP contribution in [0.5, 0.6) is 0 Å². The van der Waals surface area contributed by atoms with Crippen molar-refractivity contribution in [2.75, 3.05) is 0 Å². The first kappa shape index (κ1) is 16.3. The molecule has 0 saturated carbocycles. The van der Waals surface area contributed by atoms with Gasteiger partial charge in [-0.25, -0.2) is 0 Å². The van der Waals surface area contributed by atoms with E-state index in [0.29, 0.717) is 25.7 Å². The van der Waals surface area contributed by atoms with Crippen molar-refractivity contribution in [2.24, 2.45) is 0 Å². The summed E-state index contributed by atoms with van der Waals surface area (Å²) in [4.78, 5) is 23.5. The predicted octanol–water partition coefficient (Wildman–Crippen LogP) is 3.30. The molecule has 0 rings (SSSR count). The van der Waals surface area contributed by atoms with Crippen LogP contribution in [0.2, 0.25) is 0 Å². The van der Waals surface area contributed by atoms with Crippen LogP contribution >= 0.6 is 0 Å². The predicted molar refractivity (Wildman–Crippen MR) is 69.1 cm³/mol. The molecule has 0 bridgehead atoms. The average molecular weight is 242 g/mol. The standard InChI is InChI=1S/C14H26O3/c1-5-9-11(15)13(7-3)17-14(8-4)12(16)10-6-2/h13-14H,5-10H2,1-4H3.